The first-order valence-corrected chi connectivity index (χ1v) is 7.68. The van der Waals surface area contributed by atoms with Crippen LogP contribution in [0.5, 0.6) is 0 Å². The van der Waals surface area contributed by atoms with Gasteiger partial charge in [-0.1, -0.05) is 6.58 Å². The van der Waals surface area contributed by atoms with Gasteiger partial charge in [0.2, 0.25) is 0 Å². The van der Waals surface area contributed by atoms with Crippen molar-refractivity contribution in [3.63, 3.8) is 0 Å². The van der Waals surface area contributed by atoms with E-state index in [1.165, 1.54) is 4.90 Å². The summed E-state index contributed by atoms with van der Waals surface area (Å²) >= 11 is 0. The van der Waals surface area contributed by atoms with Gasteiger partial charge in [0.1, 0.15) is 5.60 Å². The van der Waals surface area contributed by atoms with Crippen molar-refractivity contribution >= 4 is 12.1 Å². The fraction of sp³-hybridized carbons (Fsp3) is 0.750. The molecule has 2 rings (SSSR count). The molecule has 0 aliphatic carbocycles. The summed E-state index contributed by atoms with van der Waals surface area (Å²) in [5, 5.41) is 0. The molecule has 6 heteroatoms. The predicted octanol–water partition coefficient (Wildman–Crippen LogP) is 2.27. The number of amides is 1. The zero-order valence-electron chi connectivity index (χ0n) is 13.8. The van der Waals surface area contributed by atoms with Gasteiger partial charge in [-0.2, -0.15) is 0 Å². The molecule has 6 nitrogen and oxygen atoms in total. The summed E-state index contributed by atoms with van der Waals surface area (Å²) in [6.45, 7) is 12.4. The summed E-state index contributed by atoms with van der Waals surface area (Å²) < 4.78 is 16.0. The van der Waals surface area contributed by atoms with Crippen LogP contribution in [0.3, 0.4) is 0 Å². The molecule has 0 aromatic heterocycles. The molecule has 0 radical (unpaired) electrons. The number of hydrogen-bond donors (Lipinski definition) is 0. The highest BCUT2D eigenvalue weighted by molar-refractivity contribution is 5.90. The van der Waals surface area contributed by atoms with Crippen molar-refractivity contribution in [3.05, 3.63) is 12.2 Å². The van der Waals surface area contributed by atoms with Crippen molar-refractivity contribution in [2.75, 3.05) is 19.8 Å². The van der Waals surface area contributed by atoms with Gasteiger partial charge >= 0.3 is 12.1 Å². The number of esters is 1. The van der Waals surface area contributed by atoms with Gasteiger partial charge in [0.25, 0.3) is 0 Å². The van der Waals surface area contributed by atoms with E-state index in [1.807, 2.05) is 0 Å². The number of carbonyl (C=O) groups is 2. The Kier molecular flexibility index (Phi) is 4.52. The zero-order chi connectivity index (χ0) is 16.5. The van der Waals surface area contributed by atoms with E-state index in [-0.39, 0.29) is 12.7 Å². The molecule has 0 aromatic carbocycles. The lowest BCUT2D eigenvalue weighted by Gasteiger charge is -2.37. The molecule has 0 bridgehead atoms. The Hall–Kier alpha value is -1.56. The van der Waals surface area contributed by atoms with Crippen molar-refractivity contribution in [1.29, 1.82) is 0 Å². The lowest BCUT2D eigenvalue weighted by atomic mass is 9.86. The monoisotopic (exact) mass is 311 g/mol. The smallest absolute Gasteiger partial charge is 0.411 e. The van der Waals surface area contributed by atoms with Crippen LogP contribution in [0.15, 0.2) is 12.2 Å². The summed E-state index contributed by atoms with van der Waals surface area (Å²) in [4.78, 5) is 26.6. The van der Waals surface area contributed by atoms with Gasteiger partial charge in [-0.05, 0) is 39.7 Å². The van der Waals surface area contributed by atoms with Crippen LogP contribution in [-0.2, 0) is 19.0 Å². The highest BCUT2D eigenvalue weighted by atomic mass is 16.6. The number of ether oxygens (including phenoxy) is 3. The number of carbonyl (C=O) groups excluding carboxylic acids is 2. The maximum absolute atomic E-state index is 12.6. The maximum atomic E-state index is 12.6. The second-order valence-electron chi connectivity index (χ2n) is 6.73. The molecule has 22 heavy (non-hydrogen) atoms. The third kappa shape index (κ3) is 3.27. The zero-order valence-corrected chi connectivity index (χ0v) is 13.8. The Morgan fingerprint density at radius 1 is 1.45 bits per heavy atom. The lowest BCUT2D eigenvalue weighted by Crippen LogP contribution is -2.56. The third-order valence-electron chi connectivity index (χ3n) is 3.84. The quantitative estimate of drug-likeness (QED) is 0.452. The summed E-state index contributed by atoms with van der Waals surface area (Å²) in [5.74, 6) is -0.446. The van der Waals surface area contributed by atoms with E-state index in [4.69, 9.17) is 14.2 Å². The molecule has 0 N–H and O–H groups in total. The highest BCUT2D eigenvalue weighted by Crippen LogP contribution is 2.41. The molecule has 0 saturated carbocycles. The van der Waals surface area contributed by atoms with Gasteiger partial charge in [0, 0.05) is 13.0 Å². The molecule has 124 valence electrons. The highest BCUT2D eigenvalue weighted by Gasteiger charge is 2.57. The van der Waals surface area contributed by atoms with Crippen molar-refractivity contribution in [2.45, 2.75) is 57.8 Å². The van der Waals surface area contributed by atoms with Crippen LogP contribution in [0.25, 0.3) is 0 Å². The summed E-state index contributed by atoms with van der Waals surface area (Å²) in [6, 6.07) is 0. The van der Waals surface area contributed by atoms with Crippen LogP contribution in [-0.4, -0.2) is 54.0 Å². The number of rotatable bonds is 4. The minimum atomic E-state index is -1.17. The molecule has 2 unspecified atom stereocenters. The number of likely N-dealkylation sites (tertiary alicyclic amines) is 1. The van der Waals surface area contributed by atoms with Crippen LogP contribution in [0.2, 0.25) is 0 Å². The maximum Gasteiger partial charge on any atom is 0.411 e. The minimum absolute atomic E-state index is 0.0378. The standard InChI is InChI=1S/C16H25NO5/c1-6-20-13(18)16(9-12-10-21-12)11(2)7-8-17(16)14(19)22-15(3,4)5/h12H,2,6-10H2,1,3-5H3. The first-order chi connectivity index (χ1) is 10.2. The molecular weight excluding hydrogens is 286 g/mol. The fourth-order valence-corrected chi connectivity index (χ4v) is 2.76. The van der Waals surface area contributed by atoms with Gasteiger partial charge in [-0.15, -0.1) is 0 Å². The number of nitrogens with zero attached hydrogens (tertiary/aromatic N) is 1. The van der Waals surface area contributed by atoms with Crippen molar-refractivity contribution < 1.29 is 23.8 Å². The van der Waals surface area contributed by atoms with E-state index in [0.717, 1.165) is 0 Å². The van der Waals surface area contributed by atoms with E-state index in [9.17, 15) is 9.59 Å². The molecule has 0 spiro atoms. The summed E-state index contributed by atoms with van der Waals surface area (Å²) in [6.07, 6.45) is 0.387. The third-order valence-corrected chi connectivity index (χ3v) is 3.84. The molecular formula is C16H25NO5. The van der Waals surface area contributed by atoms with Gasteiger partial charge in [-0.25, -0.2) is 9.59 Å². The van der Waals surface area contributed by atoms with E-state index in [2.05, 4.69) is 6.58 Å². The minimum Gasteiger partial charge on any atom is -0.464 e. The summed E-state index contributed by atoms with van der Waals surface area (Å²) in [5.41, 5.74) is -1.11. The second-order valence-corrected chi connectivity index (χ2v) is 6.73. The SMILES string of the molecule is C=C1CCN(C(=O)OC(C)(C)C)C1(CC1CO1)C(=O)OCC. The van der Waals surface area contributed by atoms with Gasteiger partial charge in [-0.3, -0.25) is 4.90 Å². The Labute approximate surface area is 131 Å². The first kappa shape index (κ1) is 16.8. The van der Waals surface area contributed by atoms with Gasteiger partial charge < -0.3 is 14.2 Å². The van der Waals surface area contributed by atoms with Crippen LogP contribution in [0.1, 0.15) is 40.5 Å². The van der Waals surface area contributed by atoms with Crippen LogP contribution >= 0.6 is 0 Å². The first-order valence-electron chi connectivity index (χ1n) is 7.68. The molecule has 2 fully saturated rings. The Morgan fingerprint density at radius 3 is 2.59 bits per heavy atom. The number of epoxide rings is 1. The van der Waals surface area contributed by atoms with Gasteiger partial charge in [0.15, 0.2) is 5.54 Å². The van der Waals surface area contributed by atoms with Gasteiger partial charge in [0.05, 0.1) is 19.3 Å². The average molecular weight is 311 g/mol. The van der Waals surface area contributed by atoms with Crippen LogP contribution in [0, 0.1) is 0 Å². The molecule has 2 aliphatic rings. The fourth-order valence-electron chi connectivity index (χ4n) is 2.76. The summed E-state index contributed by atoms with van der Waals surface area (Å²) in [7, 11) is 0. The second kappa shape index (κ2) is 5.91. The van der Waals surface area contributed by atoms with E-state index in [1.54, 1.807) is 27.7 Å². The van der Waals surface area contributed by atoms with Crippen molar-refractivity contribution in [2.24, 2.45) is 0 Å². The normalized spacial score (nSPS) is 27.7. The Bertz CT molecular complexity index is 477. The Balaban J connectivity index is 2.30. The topological polar surface area (TPSA) is 68.4 Å². The molecule has 2 heterocycles. The van der Waals surface area contributed by atoms with E-state index < -0.39 is 23.2 Å². The molecule has 0 aromatic rings. The molecule has 2 saturated heterocycles. The average Bonchev–Trinajstić information content (AvgIpc) is 3.12. The Morgan fingerprint density at radius 2 is 2.09 bits per heavy atom. The van der Waals surface area contributed by atoms with Crippen molar-refractivity contribution in [3.8, 4) is 0 Å². The predicted molar refractivity (Wildman–Crippen MR) is 80.4 cm³/mol. The molecule has 2 aliphatic heterocycles. The largest absolute Gasteiger partial charge is 0.464 e. The van der Waals surface area contributed by atoms with Crippen molar-refractivity contribution in [1.82, 2.24) is 4.90 Å². The number of hydrogen-bond acceptors (Lipinski definition) is 5. The van der Waals surface area contributed by atoms with E-state index in [0.29, 0.717) is 31.6 Å². The van der Waals surface area contributed by atoms with Crippen LogP contribution in [0.4, 0.5) is 4.79 Å². The lowest BCUT2D eigenvalue weighted by molar-refractivity contribution is -0.154. The molecule has 2 atom stereocenters. The molecule has 1 amide bonds. The van der Waals surface area contributed by atoms with E-state index >= 15 is 0 Å². The van der Waals surface area contributed by atoms with Crippen LogP contribution < -0.4 is 0 Å².